The van der Waals surface area contributed by atoms with Crippen LogP contribution in [0.3, 0.4) is 0 Å². The molecule has 5 nitrogen and oxygen atoms in total. The van der Waals surface area contributed by atoms with Crippen molar-refractivity contribution < 1.29 is 4.79 Å². The van der Waals surface area contributed by atoms with Gasteiger partial charge < -0.3 is 11.1 Å². The topological polar surface area (TPSA) is 72.9 Å². The number of benzene rings is 1. The van der Waals surface area contributed by atoms with Crippen LogP contribution in [0.15, 0.2) is 30.3 Å². The van der Waals surface area contributed by atoms with Crippen molar-refractivity contribution in [3.05, 3.63) is 52.8 Å². The lowest BCUT2D eigenvalue weighted by molar-refractivity contribution is 0.0903. The predicted octanol–water partition coefficient (Wildman–Crippen LogP) is 2.55. The normalized spacial score (nSPS) is 16.3. The van der Waals surface area contributed by atoms with E-state index < -0.39 is 0 Å². The Hall–Kier alpha value is -2.14. The van der Waals surface area contributed by atoms with Gasteiger partial charge in [0.25, 0.3) is 5.91 Å². The maximum atomic E-state index is 12.7. The highest BCUT2D eigenvalue weighted by molar-refractivity contribution is 5.94. The van der Waals surface area contributed by atoms with E-state index in [2.05, 4.69) is 16.5 Å². The first-order valence-electron chi connectivity index (χ1n) is 8.64. The highest BCUT2D eigenvalue weighted by Gasteiger charge is 2.34. The van der Waals surface area contributed by atoms with Gasteiger partial charge in [0, 0.05) is 17.8 Å². The quantitative estimate of drug-likeness (QED) is 0.887. The van der Waals surface area contributed by atoms with E-state index in [4.69, 9.17) is 5.73 Å². The molecule has 128 valence electrons. The Labute approximate surface area is 143 Å². The van der Waals surface area contributed by atoms with Crippen molar-refractivity contribution in [1.29, 1.82) is 0 Å². The zero-order chi connectivity index (χ0) is 17.2. The highest BCUT2D eigenvalue weighted by Crippen LogP contribution is 2.29. The minimum absolute atomic E-state index is 0.0300. The van der Waals surface area contributed by atoms with Crippen molar-refractivity contribution in [3.8, 4) is 0 Å². The molecular formula is C19H26N4O. The number of aromatic nitrogens is 2. The van der Waals surface area contributed by atoms with E-state index in [1.54, 1.807) is 0 Å². The summed E-state index contributed by atoms with van der Waals surface area (Å²) < 4.78 is 1.96. The van der Waals surface area contributed by atoms with Crippen LogP contribution in [-0.2, 0) is 6.54 Å². The lowest BCUT2D eigenvalue weighted by Gasteiger charge is -2.28. The lowest BCUT2D eigenvalue weighted by atomic mass is 9.97. The number of carbonyl (C=O) groups excluding carboxylic acids is 1. The van der Waals surface area contributed by atoms with E-state index in [1.165, 1.54) is 0 Å². The molecule has 1 aliphatic carbocycles. The first kappa shape index (κ1) is 16.7. The monoisotopic (exact) mass is 326 g/mol. The number of nitrogens with one attached hydrogen (secondary N) is 1. The van der Waals surface area contributed by atoms with Gasteiger partial charge >= 0.3 is 0 Å². The fourth-order valence-electron chi connectivity index (χ4n) is 3.56. The van der Waals surface area contributed by atoms with Crippen LogP contribution >= 0.6 is 0 Å². The third kappa shape index (κ3) is 3.51. The minimum Gasteiger partial charge on any atom is -0.345 e. The van der Waals surface area contributed by atoms with Crippen molar-refractivity contribution in [2.45, 2.75) is 51.6 Å². The molecule has 1 amide bonds. The summed E-state index contributed by atoms with van der Waals surface area (Å²) in [7, 11) is 0. The highest BCUT2D eigenvalue weighted by atomic mass is 16.1. The standard InChI is InChI=1S/C19H26N4O/c1-14-10-15(2)23(22-14)12-16-6-5-7-17(11-16)18(24)21-19(13-20)8-3-4-9-19/h5-7,10-11H,3-4,8-9,12-13,20H2,1-2H3,(H,21,24). The molecule has 24 heavy (non-hydrogen) atoms. The number of nitrogens with two attached hydrogens (primary N) is 1. The first-order chi connectivity index (χ1) is 11.5. The van der Waals surface area contributed by atoms with Crippen LogP contribution in [-0.4, -0.2) is 27.8 Å². The smallest absolute Gasteiger partial charge is 0.251 e. The molecule has 1 fully saturated rings. The van der Waals surface area contributed by atoms with Crippen molar-refractivity contribution >= 4 is 5.91 Å². The third-order valence-corrected chi connectivity index (χ3v) is 4.95. The molecule has 0 aliphatic heterocycles. The summed E-state index contributed by atoms with van der Waals surface area (Å²) in [5.41, 5.74) is 9.59. The molecule has 1 aliphatic rings. The molecule has 0 bridgehead atoms. The molecule has 2 aromatic rings. The molecule has 0 radical (unpaired) electrons. The predicted molar refractivity (Wildman–Crippen MR) is 95.0 cm³/mol. The van der Waals surface area contributed by atoms with Crippen LogP contribution in [0, 0.1) is 13.8 Å². The van der Waals surface area contributed by atoms with Gasteiger partial charge in [-0.05, 0) is 50.5 Å². The van der Waals surface area contributed by atoms with Crippen LogP contribution in [0.2, 0.25) is 0 Å². The molecule has 1 aromatic carbocycles. The minimum atomic E-state index is -0.219. The molecule has 0 spiro atoms. The van der Waals surface area contributed by atoms with Crippen molar-refractivity contribution in [1.82, 2.24) is 15.1 Å². The summed E-state index contributed by atoms with van der Waals surface area (Å²) in [5.74, 6) is -0.0300. The van der Waals surface area contributed by atoms with Crippen molar-refractivity contribution in [2.24, 2.45) is 5.73 Å². The van der Waals surface area contributed by atoms with Crippen molar-refractivity contribution in [2.75, 3.05) is 6.54 Å². The number of hydrogen-bond donors (Lipinski definition) is 2. The molecule has 1 aromatic heterocycles. The molecule has 3 N–H and O–H groups in total. The van der Waals surface area contributed by atoms with E-state index >= 15 is 0 Å². The van der Waals surface area contributed by atoms with E-state index in [9.17, 15) is 4.79 Å². The van der Waals surface area contributed by atoms with Gasteiger partial charge in [0.2, 0.25) is 0 Å². The summed E-state index contributed by atoms with van der Waals surface area (Å²) in [6, 6.07) is 9.83. The summed E-state index contributed by atoms with van der Waals surface area (Å²) >= 11 is 0. The Morgan fingerprint density at radius 2 is 2.04 bits per heavy atom. The van der Waals surface area contributed by atoms with E-state index in [0.29, 0.717) is 18.7 Å². The Kier molecular flexibility index (Phi) is 4.71. The van der Waals surface area contributed by atoms with Gasteiger partial charge in [-0.25, -0.2) is 0 Å². The van der Waals surface area contributed by atoms with Gasteiger partial charge in [0.1, 0.15) is 0 Å². The Morgan fingerprint density at radius 1 is 1.29 bits per heavy atom. The summed E-state index contributed by atoms with van der Waals surface area (Å²) in [5, 5.41) is 7.67. The number of hydrogen-bond acceptors (Lipinski definition) is 3. The average molecular weight is 326 g/mol. The van der Waals surface area contributed by atoms with Crippen molar-refractivity contribution in [3.63, 3.8) is 0 Å². The Bertz CT molecular complexity index is 729. The van der Waals surface area contributed by atoms with Crippen LogP contribution < -0.4 is 11.1 Å². The Morgan fingerprint density at radius 3 is 2.67 bits per heavy atom. The van der Waals surface area contributed by atoms with Gasteiger partial charge in [-0.2, -0.15) is 5.10 Å². The number of amides is 1. The maximum absolute atomic E-state index is 12.7. The third-order valence-electron chi connectivity index (χ3n) is 4.95. The molecule has 5 heteroatoms. The summed E-state index contributed by atoms with van der Waals surface area (Å²) in [6.07, 6.45) is 4.21. The number of aryl methyl sites for hydroxylation is 2. The zero-order valence-electron chi connectivity index (χ0n) is 14.5. The number of rotatable bonds is 5. The van der Waals surface area contributed by atoms with Gasteiger partial charge in [-0.15, -0.1) is 0 Å². The SMILES string of the molecule is Cc1cc(C)n(Cc2cccc(C(=O)NC3(CN)CCCC3)c2)n1. The van der Waals surface area contributed by atoms with Gasteiger partial charge in [-0.1, -0.05) is 25.0 Å². The van der Waals surface area contributed by atoms with E-state index in [1.807, 2.05) is 42.8 Å². The molecule has 1 heterocycles. The lowest BCUT2D eigenvalue weighted by Crippen LogP contribution is -2.51. The molecule has 0 saturated heterocycles. The molecule has 0 atom stereocenters. The molecule has 1 saturated carbocycles. The summed E-state index contributed by atoms with van der Waals surface area (Å²) in [6.45, 7) is 5.20. The largest absolute Gasteiger partial charge is 0.345 e. The second kappa shape index (κ2) is 6.77. The zero-order valence-corrected chi connectivity index (χ0v) is 14.5. The maximum Gasteiger partial charge on any atom is 0.251 e. The fraction of sp³-hybridized carbons (Fsp3) is 0.474. The van der Waals surface area contributed by atoms with Crippen LogP contribution in [0.25, 0.3) is 0 Å². The van der Waals surface area contributed by atoms with E-state index in [0.717, 1.165) is 42.6 Å². The van der Waals surface area contributed by atoms with Gasteiger partial charge in [0.05, 0.1) is 17.8 Å². The number of carbonyl (C=O) groups is 1. The summed E-state index contributed by atoms with van der Waals surface area (Å²) in [4.78, 5) is 12.7. The molecular weight excluding hydrogens is 300 g/mol. The van der Waals surface area contributed by atoms with Gasteiger partial charge in [0.15, 0.2) is 0 Å². The average Bonchev–Trinajstić information content (AvgIpc) is 3.15. The Balaban J connectivity index is 1.75. The molecule has 0 unspecified atom stereocenters. The molecule has 3 rings (SSSR count). The second-order valence-electron chi connectivity index (χ2n) is 6.93. The second-order valence-corrected chi connectivity index (χ2v) is 6.93. The van der Waals surface area contributed by atoms with E-state index in [-0.39, 0.29) is 11.4 Å². The van der Waals surface area contributed by atoms with Crippen LogP contribution in [0.5, 0.6) is 0 Å². The van der Waals surface area contributed by atoms with Gasteiger partial charge in [-0.3, -0.25) is 9.48 Å². The fourth-order valence-corrected chi connectivity index (χ4v) is 3.56. The van der Waals surface area contributed by atoms with Crippen LogP contribution in [0.4, 0.5) is 0 Å². The number of nitrogens with zero attached hydrogens (tertiary/aromatic N) is 2. The first-order valence-corrected chi connectivity index (χ1v) is 8.64. The van der Waals surface area contributed by atoms with Crippen LogP contribution in [0.1, 0.15) is 53.0 Å².